The van der Waals surface area contributed by atoms with E-state index in [0.29, 0.717) is 32.8 Å². The molecule has 8 heteroatoms. The van der Waals surface area contributed by atoms with Crippen molar-refractivity contribution >= 4 is 17.9 Å². The molecule has 3 amide bonds. The zero-order valence-electron chi connectivity index (χ0n) is 16.0. The number of nitrogens with one attached hydrogen (secondary N) is 1. The van der Waals surface area contributed by atoms with Gasteiger partial charge in [0.2, 0.25) is 11.8 Å². The van der Waals surface area contributed by atoms with Crippen LogP contribution in [0.25, 0.3) is 0 Å². The monoisotopic (exact) mass is 391 g/mol. The lowest BCUT2D eigenvalue weighted by Gasteiger charge is -2.34. The van der Waals surface area contributed by atoms with E-state index in [0.717, 1.165) is 18.4 Å². The molecule has 1 heterocycles. The molecule has 1 unspecified atom stereocenters. The minimum Gasteiger partial charge on any atom is -0.450 e. The van der Waals surface area contributed by atoms with Crippen LogP contribution in [0.5, 0.6) is 0 Å². The summed E-state index contributed by atoms with van der Waals surface area (Å²) < 4.78 is 18.1. The van der Waals surface area contributed by atoms with Crippen LogP contribution in [0.4, 0.5) is 9.18 Å². The molecular formula is C20H26FN3O4. The van der Waals surface area contributed by atoms with E-state index >= 15 is 0 Å². The number of piperazine rings is 1. The number of rotatable bonds is 6. The molecule has 0 aromatic heterocycles. The van der Waals surface area contributed by atoms with Crippen molar-refractivity contribution in [1.29, 1.82) is 0 Å². The van der Waals surface area contributed by atoms with Gasteiger partial charge in [-0.25, -0.2) is 9.18 Å². The van der Waals surface area contributed by atoms with Gasteiger partial charge in [0, 0.05) is 26.2 Å². The predicted octanol–water partition coefficient (Wildman–Crippen LogP) is 1.74. The third-order valence-electron chi connectivity index (χ3n) is 5.18. The average Bonchev–Trinajstić information content (AvgIpc) is 3.53. The van der Waals surface area contributed by atoms with E-state index in [-0.39, 0.29) is 42.1 Å². The molecule has 1 saturated carbocycles. The molecule has 1 N–H and O–H groups in total. The molecule has 28 heavy (non-hydrogen) atoms. The van der Waals surface area contributed by atoms with Crippen molar-refractivity contribution in [3.8, 4) is 0 Å². The highest BCUT2D eigenvalue weighted by Crippen LogP contribution is 2.42. The molecule has 7 nitrogen and oxygen atoms in total. The van der Waals surface area contributed by atoms with Crippen molar-refractivity contribution < 1.29 is 23.5 Å². The Bertz CT molecular complexity index is 713. The molecule has 1 atom stereocenters. The highest BCUT2D eigenvalue weighted by molar-refractivity contribution is 5.89. The predicted molar refractivity (Wildman–Crippen MR) is 100 cm³/mol. The number of carbonyl (C=O) groups excluding carboxylic acids is 3. The first-order chi connectivity index (χ1) is 13.5. The number of halogens is 1. The second-order valence-corrected chi connectivity index (χ2v) is 7.15. The Morgan fingerprint density at radius 3 is 2.29 bits per heavy atom. The minimum absolute atomic E-state index is 0.0807. The van der Waals surface area contributed by atoms with Crippen LogP contribution in [0.2, 0.25) is 0 Å². The number of carbonyl (C=O) groups is 3. The van der Waals surface area contributed by atoms with Crippen LogP contribution < -0.4 is 5.32 Å². The SMILES string of the molecule is CCOC(=O)N1CCN(C(=O)CNC(=O)C(c2ccc(F)cc2)C2CC2)CC1. The molecule has 1 aliphatic carbocycles. The Labute approximate surface area is 163 Å². The maximum Gasteiger partial charge on any atom is 0.409 e. The Kier molecular flexibility index (Phi) is 6.49. The van der Waals surface area contributed by atoms with Gasteiger partial charge in [-0.05, 0) is 43.4 Å². The summed E-state index contributed by atoms with van der Waals surface area (Å²) in [5.41, 5.74) is 0.775. The molecule has 2 aliphatic rings. The van der Waals surface area contributed by atoms with Crippen molar-refractivity contribution in [3.05, 3.63) is 35.6 Å². The normalized spacial score (nSPS) is 17.8. The fraction of sp³-hybridized carbons (Fsp3) is 0.550. The summed E-state index contributed by atoms with van der Waals surface area (Å²) in [6, 6.07) is 5.97. The van der Waals surface area contributed by atoms with Gasteiger partial charge in [-0.3, -0.25) is 9.59 Å². The van der Waals surface area contributed by atoms with Crippen LogP contribution in [-0.4, -0.2) is 67.0 Å². The molecule has 1 saturated heterocycles. The molecule has 1 aromatic carbocycles. The molecule has 1 aromatic rings. The first kappa shape index (κ1) is 20.1. The number of benzene rings is 1. The zero-order valence-corrected chi connectivity index (χ0v) is 16.0. The van der Waals surface area contributed by atoms with Gasteiger partial charge in [-0.1, -0.05) is 12.1 Å². The van der Waals surface area contributed by atoms with Crippen molar-refractivity contribution in [3.63, 3.8) is 0 Å². The number of ether oxygens (including phenoxy) is 1. The third-order valence-corrected chi connectivity index (χ3v) is 5.18. The van der Waals surface area contributed by atoms with Gasteiger partial charge >= 0.3 is 6.09 Å². The maximum absolute atomic E-state index is 13.2. The van der Waals surface area contributed by atoms with E-state index in [2.05, 4.69) is 5.32 Å². The lowest BCUT2D eigenvalue weighted by molar-refractivity contribution is -0.134. The molecule has 3 rings (SSSR count). The second kappa shape index (κ2) is 9.03. The standard InChI is InChI=1S/C20H26FN3O4/c1-2-28-20(27)24-11-9-23(10-12-24)17(25)13-22-19(26)18(14-3-4-14)15-5-7-16(21)8-6-15/h5-8,14,18H,2-4,9-13H2,1H3,(H,22,26). The largest absolute Gasteiger partial charge is 0.450 e. The highest BCUT2D eigenvalue weighted by atomic mass is 19.1. The quantitative estimate of drug-likeness (QED) is 0.801. The van der Waals surface area contributed by atoms with Gasteiger partial charge in [0.25, 0.3) is 0 Å². The summed E-state index contributed by atoms with van der Waals surface area (Å²) in [4.78, 5) is 40.0. The van der Waals surface area contributed by atoms with Gasteiger partial charge in [0.1, 0.15) is 5.82 Å². The number of hydrogen-bond donors (Lipinski definition) is 1. The summed E-state index contributed by atoms with van der Waals surface area (Å²) in [5, 5.41) is 2.74. The zero-order chi connectivity index (χ0) is 20.1. The van der Waals surface area contributed by atoms with Crippen LogP contribution in [0.15, 0.2) is 24.3 Å². The Hall–Kier alpha value is -2.64. The number of hydrogen-bond acceptors (Lipinski definition) is 4. The Morgan fingerprint density at radius 1 is 1.11 bits per heavy atom. The second-order valence-electron chi connectivity index (χ2n) is 7.15. The van der Waals surface area contributed by atoms with Crippen LogP contribution in [0.3, 0.4) is 0 Å². The molecule has 2 fully saturated rings. The minimum atomic E-state index is -0.366. The molecular weight excluding hydrogens is 365 g/mol. The van der Waals surface area contributed by atoms with E-state index in [1.807, 2.05) is 0 Å². The topological polar surface area (TPSA) is 79.0 Å². The van der Waals surface area contributed by atoms with Crippen LogP contribution in [-0.2, 0) is 14.3 Å². The molecule has 0 bridgehead atoms. The number of nitrogens with zero attached hydrogens (tertiary/aromatic N) is 2. The van der Waals surface area contributed by atoms with Crippen molar-refractivity contribution in [2.75, 3.05) is 39.3 Å². The van der Waals surface area contributed by atoms with E-state index in [1.54, 1.807) is 28.9 Å². The van der Waals surface area contributed by atoms with Gasteiger partial charge < -0.3 is 19.9 Å². The smallest absolute Gasteiger partial charge is 0.409 e. The van der Waals surface area contributed by atoms with Crippen LogP contribution in [0.1, 0.15) is 31.2 Å². The van der Waals surface area contributed by atoms with Crippen LogP contribution in [0, 0.1) is 11.7 Å². The Morgan fingerprint density at radius 2 is 1.71 bits per heavy atom. The fourth-order valence-corrected chi connectivity index (χ4v) is 3.47. The van der Waals surface area contributed by atoms with E-state index in [4.69, 9.17) is 4.74 Å². The van der Waals surface area contributed by atoms with Crippen LogP contribution >= 0.6 is 0 Å². The van der Waals surface area contributed by atoms with Crippen molar-refractivity contribution in [2.45, 2.75) is 25.7 Å². The van der Waals surface area contributed by atoms with Gasteiger partial charge in [0.15, 0.2) is 0 Å². The maximum atomic E-state index is 13.2. The summed E-state index contributed by atoms with van der Waals surface area (Å²) in [5.74, 6) is -0.822. The fourth-order valence-electron chi connectivity index (χ4n) is 3.47. The summed E-state index contributed by atoms with van der Waals surface area (Å²) in [7, 11) is 0. The molecule has 0 spiro atoms. The third kappa shape index (κ3) is 4.99. The van der Waals surface area contributed by atoms with Gasteiger partial charge in [-0.2, -0.15) is 0 Å². The molecule has 152 valence electrons. The van der Waals surface area contributed by atoms with E-state index in [9.17, 15) is 18.8 Å². The number of amides is 3. The summed E-state index contributed by atoms with van der Waals surface area (Å²) in [6.07, 6.45) is 1.55. The van der Waals surface area contributed by atoms with Crippen molar-refractivity contribution in [1.82, 2.24) is 15.1 Å². The van der Waals surface area contributed by atoms with Gasteiger partial charge in [-0.15, -0.1) is 0 Å². The lowest BCUT2D eigenvalue weighted by Crippen LogP contribution is -2.53. The highest BCUT2D eigenvalue weighted by Gasteiger charge is 2.37. The van der Waals surface area contributed by atoms with Gasteiger partial charge in [0.05, 0.1) is 19.1 Å². The molecule has 1 aliphatic heterocycles. The first-order valence-electron chi connectivity index (χ1n) is 9.72. The first-order valence-corrected chi connectivity index (χ1v) is 9.72. The summed E-state index contributed by atoms with van der Waals surface area (Å²) in [6.45, 7) is 3.65. The summed E-state index contributed by atoms with van der Waals surface area (Å²) >= 11 is 0. The molecule has 0 radical (unpaired) electrons. The average molecular weight is 391 g/mol. The lowest BCUT2D eigenvalue weighted by atomic mass is 9.93. The van der Waals surface area contributed by atoms with E-state index in [1.165, 1.54) is 12.1 Å². The Balaban J connectivity index is 1.49. The van der Waals surface area contributed by atoms with E-state index < -0.39 is 0 Å². The van der Waals surface area contributed by atoms with Crippen molar-refractivity contribution in [2.24, 2.45) is 5.92 Å².